The van der Waals surface area contributed by atoms with Gasteiger partial charge in [0, 0.05) is 16.8 Å². The Morgan fingerprint density at radius 3 is 1.60 bits per heavy atom. The molecule has 3 aromatic carbocycles. The Hall–Kier alpha value is -4.32. The number of hydrogen-bond acceptors (Lipinski definition) is 4. The molecule has 2 unspecified atom stereocenters. The molecule has 6 nitrogen and oxygen atoms in total. The summed E-state index contributed by atoms with van der Waals surface area (Å²) < 4.78 is 12.0. The molecule has 6 heteroatoms. The topological polar surface area (TPSA) is 76.7 Å². The van der Waals surface area contributed by atoms with Crippen molar-refractivity contribution in [2.75, 3.05) is 10.6 Å². The van der Waals surface area contributed by atoms with Crippen LogP contribution in [0.4, 0.5) is 21.0 Å². The third-order valence-corrected chi connectivity index (χ3v) is 12.5. The first-order valence-electron chi connectivity index (χ1n) is 22.5. The Labute approximate surface area is 343 Å². The van der Waals surface area contributed by atoms with Crippen molar-refractivity contribution in [2.24, 2.45) is 0 Å². The summed E-state index contributed by atoms with van der Waals surface area (Å²) in [4.78, 5) is 26.9. The largest absolute Gasteiger partial charge is 0.442 e. The van der Waals surface area contributed by atoms with Crippen LogP contribution in [0.1, 0.15) is 178 Å². The van der Waals surface area contributed by atoms with Gasteiger partial charge < -0.3 is 9.47 Å². The zero-order chi connectivity index (χ0) is 40.0. The van der Waals surface area contributed by atoms with E-state index in [1.807, 2.05) is 19.1 Å². The van der Waals surface area contributed by atoms with Gasteiger partial charge >= 0.3 is 12.2 Å². The summed E-state index contributed by atoms with van der Waals surface area (Å²) in [6.45, 7) is 8.55. The van der Waals surface area contributed by atoms with Crippen molar-refractivity contribution >= 4 is 23.6 Å². The van der Waals surface area contributed by atoms with E-state index >= 15 is 0 Å². The molecule has 2 atom stereocenters. The zero-order valence-electron chi connectivity index (χ0n) is 35.4. The molecule has 2 amide bonds. The van der Waals surface area contributed by atoms with Crippen molar-refractivity contribution < 1.29 is 19.1 Å². The van der Waals surface area contributed by atoms with Crippen LogP contribution in [0.25, 0.3) is 11.1 Å². The van der Waals surface area contributed by atoms with E-state index in [0.717, 1.165) is 68.3 Å². The number of rotatable bonds is 21. The molecular weight excluding hydrogens is 705 g/mol. The maximum Gasteiger partial charge on any atom is 0.412 e. The number of hydrogen-bond donors (Lipinski definition) is 2. The fourth-order valence-electron chi connectivity index (χ4n) is 8.94. The summed E-state index contributed by atoms with van der Waals surface area (Å²) in [6.07, 6.45) is 26.1. The normalized spacial score (nSPS) is 16.0. The van der Waals surface area contributed by atoms with E-state index in [0.29, 0.717) is 0 Å². The Morgan fingerprint density at radius 1 is 0.632 bits per heavy atom. The minimum Gasteiger partial charge on any atom is -0.442 e. The minimum absolute atomic E-state index is 0.246. The summed E-state index contributed by atoms with van der Waals surface area (Å²) in [5.74, 6) is 0. The van der Waals surface area contributed by atoms with Crippen molar-refractivity contribution in [3.63, 3.8) is 0 Å². The van der Waals surface area contributed by atoms with Crippen LogP contribution in [-0.4, -0.2) is 18.3 Å². The monoisotopic (exact) mass is 773 g/mol. The number of ether oxygens (including phenoxy) is 2. The molecule has 3 aliphatic rings. The number of amides is 2. The lowest BCUT2D eigenvalue weighted by Crippen LogP contribution is -2.26. The Bertz CT molecular complexity index is 1830. The van der Waals surface area contributed by atoms with Gasteiger partial charge in [-0.3, -0.25) is 10.6 Å². The molecule has 3 aromatic rings. The summed E-state index contributed by atoms with van der Waals surface area (Å²) in [7, 11) is 0. The van der Waals surface area contributed by atoms with Crippen LogP contribution in [0, 0.1) is 6.92 Å². The van der Waals surface area contributed by atoms with Crippen LogP contribution in [0.2, 0.25) is 0 Å². The van der Waals surface area contributed by atoms with Crippen LogP contribution >= 0.6 is 0 Å². The molecule has 0 aromatic heterocycles. The minimum atomic E-state index is -0.447. The summed E-state index contributed by atoms with van der Waals surface area (Å²) in [6, 6.07) is 21.1. The number of fused-ring (bicyclic) bond motifs is 3. The van der Waals surface area contributed by atoms with Crippen LogP contribution in [-0.2, 0) is 14.9 Å². The Morgan fingerprint density at radius 2 is 1.11 bits per heavy atom. The standard InChI is InChI=1S/C51H68N2O4/c1-5-7-9-11-13-15-31-51(32-16-14-12-10-8-6-2)46-35-42(52-49(54)56-38(4)33-39-19-17-20-39)27-29-44(46)45-30-28-43(36-47(45)51)53-50(55)57-48(34-40-21-18-22-40)41-25-23-37(3)24-26-41/h23-30,33-36,38,48H,5-22,31-32H2,1-4H3,(H,52,54)(H,53,55). The number of aryl methyl sites for hydroxylation is 1. The van der Waals surface area contributed by atoms with E-state index in [9.17, 15) is 9.59 Å². The first-order valence-corrected chi connectivity index (χ1v) is 22.5. The van der Waals surface area contributed by atoms with E-state index in [-0.39, 0.29) is 11.5 Å². The van der Waals surface area contributed by atoms with E-state index in [1.54, 1.807) is 0 Å². The Balaban J connectivity index is 1.28. The number of benzene rings is 3. The second-order valence-corrected chi connectivity index (χ2v) is 17.1. The van der Waals surface area contributed by atoms with Gasteiger partial charge in [-0.05, 0) is 129 Å². The molecule has 3 aliphatic carbocycles. The maximum absolute atomic E-state index is 13.7. The second-order valence-electron chi connectivity index (χ2n) is 17.1. The van der Waals surface area contributed by atoms with Gasteiger partial charge in [-0.2, -0.15) is 0 Å². The molecule has 6 rings (SSSR count). The number of carbonyl (C=O) groups is 2. The van der Waals surface area contributed by atoms with Gasteiger partial charge in [0.1, 0.15) is 12.2 Å². The predicted molar refractivity (Wildman–Crippen MR) is 236 cm³/mol. The van der Waals surface area contributed by atoms with Crippen LogP contribution in [0.3, 0.4) is 0 Å². The van der Waals surface area contributed by atoms with Gasteiger partial charge in [-0.25, -0.2) is 9.59 Å². The summed E-state index contributed by atoms with van der Waals surface area (Å²) in [5.41, 5.74) is 11.1. The fourth-order valence-corrected chi connectivity index (χ4v) is 8.94. The highest BCUT2D eigenvalue weighted by atomic mass is 16.6. The number of carbonyl (C=O) groups excluding carboxylic acids is 2. The van der Waals surface area contributed by atoms with Crippen LogP contribution in [0.5, 0.6) is 0 Å². The number of allylic oxidation sites excluding steroid dienone is 2. The highest BCUT2D eigenvalue weighted by Crippen LogP contribution is 2.55. The van der Waals surface area contributed by atoms with Gasteiger partial charge in [-0.1, -0.05) is 144 Å². The summed E-state index contributed by atoms with van der Waals surface area (Å²) >= 11 is 0. The predicted octanol–water partition coefficient (Wildman–Crippen LogP) is 15.2. The first-order chi connectivity index (χ1) is 27.8. The van der Waals surface area contributed by atoms with Gasteiger partial charge in [0.2, 0.25) is 0 Å². The smallest absolute Gasteiger partial charge is 0.412 e. The van der Waals surface area contributed by atoms with Crippen LogP contribution < -0.4 is 10.6 Å². The summed E-state index contributed by atoms with van der Waals surface area (Å²) in [5, 5.41) is 6.23. The molecule has 0 saturated heterocycles. The average molecular weight is 773 g/mol. The van der Waals surface area contributed by atoms with E-state index in [4.69, 9.17) is 9.47 Å². The number of anilines is 2. The number of unbranched alkanes of at least 4 members (excludes halogenated alkanes) is 10. The van der Waals surface area contributed by atoms with E-state index in [1.165, 1.54) is 116 Å². The van der Waals surface area contributed by atoms with Gasteiger partial charge in [0.25, 0.3) is 0 Å². The van der Waals surface area contributed by atoms with E-state index < -0.39 is 18.3 Å². The molecule has 2 saturated carbocycles. The average Bonchev–Trinajstić information content (AvgIpc) is 3.42. The van der Waals surface area contributed by atoms with Crippen molar-refractivity contribution in [1.82, 2.24) is 0 Å². The molecule has 0 aliphatic heterocycles. The third-order valence-electron chi connectivity index (χ3n) is 12.5. The first kappa shape index (κ1) is 42.3. The molecule has 2 N–H and O–H groups in total. The molecule has 306 valence electrons. The number of nitrogens with one attached hydrogen (secondary N) is 2. The maximum atomic E-state index is 13.7. The van der Waals surface area contributed by atoms with Crippen molar-refractivity contribution in [3.8, 4) is 11.1 Å². The molecule has 0 radical (unpaired) electrons. The van der Waals surface area contributed by atoms with Crippen molar-refractivity contribution in [2.45, 2.75) is 174 Å². The molecule has 2 fully saturated rings. The molecule has 57 heavy (non-hydrogen) atoms. The second kappa shape index (κ2) is 20.9. The highest BCUT2D eigenvalue weighted by Gasteiger charge is 2.43. The lowest BCUT2D eigenvalue weighted by molar-refractivity contribution is 0.133. The Kier molecular flexibility index (Phi) is 15.5. The van der Waals surface area contributed by atoms with Crippen molar-refractivity contribution in [3.05, 3.63) is 106 Å². The fraction of sp³-hybridized carbons (Fsp3) is 0.529. The molecule has 0 bridgehead atoms. The van der Waals surface area contributed by atoms with E-state index in [2.05, 4.69) is 92.1 Å². The van der Waals surface area contributed by atoms with Crippen LogP contribution in [0.15, 0.2) is 84.0 Å². The highest BCUT2D eigenvalue weighted by molar-refractivity contribution is 5.91. The zero-order valence-corrected chi connectivity index (χ0v) is 35.4. The molecule has 0 spiro atoms. The SMILES string of the molecule is CCCCCCCCC1(CCCCCCCC)c2cc(NC(=O)OC(C)C=C3CCC3)ccc2-c2ccc(NC(=O)OC(C=C3CCC3)c3ccc(C)cc3)cc21. The molecular formula is C51H68N2O4. The lowest BCUT2D eigenvalue weighted by atomic mass is 9.70. The third kappa shape index (κ3) is 11.4. The van der Waals surface area contributed by atoms with Gasteiger partial charge in [-0.15, -0.1) is 0 Å². The van der Waals surface area contributed by atoms with Gasteiger partial charge in [0.05, 0.1) is 0 Å². The van der Waals surface area contributed by atoms with Crippen molar-refractivity contribution in [1.29, 1.82) is 0 Å². The molecule has 0 heterocycles. The lowest BCUT2D eigenvalue weighted by Gasteiger charge is -2.33. The van der Waals surface area contributed by atoms with Gasteiger partial charge in [0.15, 0.2) is 0 Å². The quantitative estimate of drug-likeness (QED) is 0.0835.